The van der Waals surface area contributed by atoms with Crippen molar-refractivity contribution >= 4 is 17.4 Å². The summed E-state index contributed by atoms with van der Waals surface area (Å²) in [5.41, 5.74) is 2.74. The number of likely N-dealkylation sites (tertiary alicyclic amines) is 1. The van der Waals surface area contributed by atoms with Crippen molar-refractivity contribution in [2.24, 2.45) is 0 Å². The highest BCUT2D eigenvalue weighted by molar-refractivity contribution is 6.46. The number of ketones is 1. The van der Waals surface area contributed by atoms with Crippen molar-refractivity contribution in [1.29, 1.82) is 0 Å². The molecule has 1 amide bonds. The van der Waals surface area contributed by atoms with Crippen LogP contribution in [0, 0.1) is 6.92 Å². The third kappa shape index (κ3) is 5.31. The Morgan fingerprint density at radius 3 is 2.30 bits per heavy atom. The molecule has 37 heavy (non-hydrogen) atoms. The van der Waals surface area contributed by atoms with E-state index in [-0.39, 0.29) is 24.0 Å². The van der Waals surface area contributed by atoms with Gasteiger partial charge in [0.2, 0.25) is 0 Å². The van der Waals surface area contributed by atoms with Crippen molar-refractivity contribution in [3.05, 3.63) is 94.6 Å². The quantitative estimate of drug-likeness (QED) is 0.252. The highest BCUT2D eigenvalue weighted by Gasteiger charge is 2.46. The van der Waals surface area contributed by atoms with Gasteiger partial charge in [0.25, 0.3) is 11.7 Å². The second-order valence-corrected chi connectivity index (χ2v) is 9.20. The molecule has 1 aliphatic heterocycles. The van der Waals surface area contributed by atoms with Gasteiger partial charge in [0.15, 0.2) is 0 Å². The van der Waals surface area contributed by atoms with E-state index >= 15 is 0 Å². The van der Waals surface area contributed by atoms with Gasteiger partial charge in [-0.3, -0.25) is 9.59 Å². The molecule has 3 aromatic carbocycles. The number of carbonyl (C=O) groups excluding carboxylic acids is 2. The van der Waals surface area contributed by atoms with Crippen molar-refractivity contribution < 1.29 is 28.9 Å². The molecule has 0 aromatic heterocycles. The Labute approximate surface area is 216 Å². The SMILES string of the molecule is COc1cccc(C2/C(=C(/O)c3ccc(OC)c(C)c3)C(=O)C(=O)N2Cc2ccc(OC(C)C)cc2)c1. The third-order valence-corrected chi connectivity index (χ3v) is 6.27. The molecule has 0 radical (unpaired) electrons. The fourth-order valence-corrected chi connectivity index (χ4v) is 4.52. The van der Waals surface area contributed by atoms with Crippen LogP contribution in [0.1, 0.15) is 42.1 Å². The van der Waals surface area contributed by atoms with Crippen LogP contribution in [0.3, 0.4) is 0 Å². The number of aliphatic hydroxyl groups excluding tert-OH is 1. The summed E-state index contributed by atoms with van der Waals surface area (Å²) in [5.74, 6) is 0.311. The average molecular weight is 502 g/mol. The summed E-state index contributed by atoms with van der Waals surface area (Å²) >= 11 is 0. The van der Waals surface area contributed by atoms with E-state index in [1.165, 1.54) is 4.90 Å². The zero-order chi connectivity index (χ0) is 26.7. The van der Waals surface area contributed by atoms with Crippen LogP contribution in [0.4, 0.5) is 0 Å². The number of benzene rings is 3. The molecular formula is C30H31NO6. The molecule has 1 fully saturated rings. The van der Waals surface area contributed by atoms with Crippen LogP contribution in [0.15, 0.2) is 72.3 Å². The van der Waals surface area contributed by atoms with E-state index in [0.717, 1.165) is 16.9 Å². The highest BCUT2D eigenvalue weighted by Crippen LogP contribution is 2.41. The minimum absolute atomic E-state index is 0.0302. The fraction of sp³-hybridized carbons (Fsp3) is 0.267. The molecule has 1 N–H and O–H groups in total. The summed E-state index contributed by atoms with van der Waals surface area (Å²) in [5, 5.41) is 11.4. The van der Waals surface area contributed by atoms with E-state index in [9.17, 15) is 14.7 Å². The zero-order valence-electron chi connectivity index (χ0n) is 21.6. The lowest BCUT2D eigenvalue weighted by molar-refractivity contribution is -0.140. The second-order valence-electron chi connectivity index (χ2n) is 9.20. The van der Waals surface area contributed by atoms with E-state index in [2.05, 4.69) is 0 Å². The number of methoxy groups -OCH3 is 2. The summed E-state index contributed by atoms with van der Waals surface area (Å²) in [6.45, 7) is 5.92. The van der Waals surface area contributed by atoms with Crippen molar-refractivity contribution in [2.75, 3.05) is 14.2 Å². The summed E-state index contributed by atoms with van der Waals surface area (Å²) in [6.07, 6.45) is 0.0401. The van der Waals surface area contributed by atoms with Crippen LogP contribution in [0.5, 0.6) is 17.2 Å². The smallest absolute Gasteiger partial charge is 0.295 e. The van der Waals surface area contributed by atoms with Crippen LogP contribution >= 0.6 is 0 Å². The maximum Gasteiger partial charge on any atom is 0.295 e. The molecule has 0 spiro atoms. The van der Waals surface area contributed by atoms with Crippen LogP contribution in [-0.2, 0) is 16.1 Å². The van der Waals surface area contributed by atoms with Crippen LogP contribution < -0.4 is 14.2 Å². The van der Waals surface area contributed by atoms with Gasteiger partial charge < -0.3 is 24.2 Å². The number of amides is 1. The van der Waals surface area contributed by atoms with Crippen LogP contribution in [0.2, 0.25) is 0 Å². The molecule has 1 unspecified atom stereocenters. The molecule has 1 saturated heterocycles. The van der Waals surface area contributed by atoms with Gasteiger partial charge >= 0.3 is 0 Å². The molecule has 0 aliphatic carbocycles. The van der Waals surface area contributed by atoms with E-state index in [4.69, 9.17) is 14.2 Å². The summed E-state index contributed by atoms with van der Waals surface area (Å²) in [7, 11) is 3.12. The Bertz CT molecular complexity index is 1340. The minimum Gasteiger partial charge on any atom is -0.507 e. The molecular weight excluding hydrogens is 470 g/mol. The van der Waals surface area contributed by atoms with Crippen molar-refractivity contribution in [3.8, 4) is 17.2 Å². The fourth-order valence-electron chi connectivity index (χ4n) is 4.52. The van der Waals surface area contributed by atoms with E-state index in [1.54, 1.807) is 50.6 Å². The first-order valence-electron chi connectivity index (χ1n) is 12.1. The van der Waals surface area contributed by atoms with Crippen molar-refractivity contribution in [1.82, 2.24) is 4.90 Å². The minimum atomic E-state index is -0.802. The maximum absolute atomic E-state index is 13.4. The number of nitrogens with zero attached hydrogens (tertiary/aromatic N) is 1. The van der Waals surface area contributed by atoms with Crippen LogP contribution in [0.25, 0.3) is 5.76 Å². The first kappa shape index (κ1) is 25.8. The van der Waals surface area contributed by atoms with Gasteiger partial charge in [-0.15, -0.1) is 0 Å². The number of carbonyl (C=O) groups is 2. The molecule has 1 aliphatic rings. The molecule has 0 saturated carbocycles. The number of aryl methyl sites for hydroxylation is 1. The largest absolute Gasteiger partial charge is 0.507 e. The molecule has 3 aromatic rings. The van der Waals surface area contributed by atoms with Crippen LogP contribution in [-0.4, -0.2) is 42.0 Å². The van der Waals surface area contributed by atoms with Crippen molar-refractivity contribution in [2.45, 2.75) is 39.5 Å². The first-order chi connectivity index (χ1) is 17.7. The standard InChI is InChI=1S/C30H31NO6/c1-18(2)37-23-12-9-20(10-13-23)17-31-27(21-7-6-8-24(16-21)35-4)26(29(33)30(31)34)28(32)22-11-14-25(36-5)19(3)15-22/h6-16,18,27,32H,17H2,1-5H3/b28-26-. The molecule has 1 atom stereocenters. The van der Waals surface area contributed by atoms with E-state index in [0.29, 0.717) is 22.6 Å². The predicted molar refractivity (Wildman–Crippen MR) is 141 cm³/mol. The van der Waals surface area contributed by atoms with Gasteiger partial charge in [-0.25, -0.2) is 0 Å². The molecule has 7 nitrogen and oxygen atoms in total. The number of ether oxygens (including phenoxy) is 3. The van der Waals surface area contributed by atoms with Crippen molar-refractivity contribution in [3.63, 3.8) is 0 Å². The van der Waals surface area contributed by atoms with Gasteiger partial charge in [-0.05, 0) is 79.9 Å². The zero-order valence-corrected chi connectivity index (χ0v) is 21.6. The van der Waals surface area contributed by atoms with E-state index < -0.39 is 17.7 Å². The lowest BCUT2D eigenvalue weighted by atomic mass is 9.94. The Kier molecular flexibility index (Phi) is 7.53. The third-order valence-electron chi connectivity index (χ3n) is 6.27. The van der Waals surface area contributed by atoms with Gasteiger partial charge in [-0.1, -0.05) is 24.3 Å². The molecule has 0 bridgehead atoms. The molecule has 4 rings (SSSR count). The van der Waals surface area contributed by atoms with Gasteiger partial charge in [-0.2, -0.15) is 0 Å². The molecule has 192 valence electrons. The number of hydrogen-bond donors (Lipinski definition) is 1. The number of hydrogen-bond acceptors (Lipinski definition) is 6. The lowest BCUT2D eigenvalue weighted by Crippen LogP contribution is -2.29. The Balaban J connectivity index is 1.80. The van der Waals surface area contributed by atoms with Gasteiger partial charge in [0.05, 0.1) is 31.9 Å². The van der Waals surface area contributed by atoms with E-state index in [1.807, 2.05) is 51.1 Å². The topological polar surface area (TPSA) is 85.3 Å². The normalized spacial score (nSPS) is 16.8. The number of Topliss-reactive ketones (excluding diaryl/α,β-unsaturated/α-hetero) is 1. The Morgan fingerprint density at radius 2 is 1.68 bits per heavy atom. The summed E-state index contributed by atoms with van der Waals surface area (Å²) in [6, 6.07) is 18.9. The van der Waals surface area contributed by atoms with Gasteiger partial charge in [0.1, 0.15) is 23.0 Å². The predicted octanol–water partition coefficient (Wildman–Crippen LogP) is 5.42. The number of rotatable bonds is 8. The molecule has 7 heteroatoms. The summed E-state index contributed by atoms with van der Waals surface area (Å²) in [4.78, 5) is 28.2. The second kappa shape index (κ2) is 10.8. The summed E-state index contributed by atoms with van der Waals surface area (Å²) < 4.78 is 16.4. The molecule has 1 heterocycles. The Hall–Kier alpha value is -4.26. The monoisotopic (exact) mass is 501 g/mol. The lowest BCUT2D eigenvalue weighted by Gasteiger charge is -2.26. The first-order valence-corrected chi connectivity index (χ1v) is 12.1. The highest BCUT2D eigenvalue weighted by atomic mass is 16.5. The maximum atomic E-state index is 13.4. The Morgan fingerprint density at radius 1 is 0.946 bits per heavy atom. The van der Waals surface area contributed by atoms with Gasteiger partial charge in [0, 0.05) is 12.1 Å². The average Bonchev–Trinajstić information content (AvgIpc) is 3.14. The number of aliphatic hydroxyl groups is 1.